The largest absolute Gasteiger partial charge is 0.354 e. The lowest BCUT2D eigenvalue weighted by atomic mass is 10.2. The van der Waals surface area contributed by atoms with Crippen LogP contribution in [-0.2, 0) is 10.0 Å². The Kier molecular flexibility index (Phi) is 5.10. The number of hydrogen-bond acceptors (Lipinski definition) is 5. The Labute approximate surface area is 169 Å². The molecule has 0 amide bonds. The first kappa shape index (κ1) is 19.5. The average Bonchev–Trinajstić information content (AvgIpc) is 3.22. The van der Waals surface area contributed by atoms with E-state index in [1.54, 1.807) is 6.92 Å². The van der Waals surface area contributed by atoms with Gasteiger partial charge in [-0.2, -0.15) is 4.31 Å². The zero-order valence-corrected chi connectivity index (χ0v) is 17.1. The molecule has 0 unspecified atom stereocenters. The Bertz CT molecular complexity index is 1120. The molecule has 0 atom stereocenters. The number of aromatic nitrogens is 3. The first-order valence-electron chi connectivity index (χ1n) is 9.35. The van der Waals surface area contributed by atoms with E-state index in [1.807, 2.05) is 42.1 Å². The topological polar surface area (TPSA) is 71.3 Å². The highest BCUT2D eigenvalue weighted by Gasteiger charge is 2.30. The van der Waals surface area contributed by atoms with Crippen molar-refractivity contribution in [3.05, 3.63) is 66.0 Å². The van der Waals surface area contributed by atoms with Gasteiger partial charge in [0.25, 0.3) is 0 Å². The molecule has 1 fully saturated rings. The van der Waals surface area contributed by atoms with Crippen molar-refractivity contribution in [2.45, 2.75) is 18.7 Å². The van der Waals surface area contributed by atoms with Crippen molar-refractivity contribution in [3.8, 4) is 5.82 Å². The third-order valence-electron chi connectivity index (χ3n) is 5.00. The number of rotatable bonds is 4. The van der Waals surface area contributed by atoms with Gasteiger partial charge in [-0.1, -0.05) is 0 Å². The van der Waals surface area contributed by atoms with Crippen molar-refractivity contribution >= 4 is 15.8 Å². The maximum atomic E-state index is 13.4. The second kappa shape index (κ2) is 7.57. The normalized spacial score (nSPS) is 15.6. The maximum absolute atomic E-state index is 13.4. The molecule has 3 heterocycles. The smallest absolute Gasteiger partial charge is 0.243 e. The van der Waals surface area contributed by atoms with Crippen molar-refractivity contribution in [3.63, 3.8) is 0 Å². The number of benzene rings is 1. The molecule has 9 heteroatoms. The van der Waals surface area contributed by atoms with Crippen LogP contribution in [-0.4, -0.2) is 53.4 Å². The van der Waals surface area contributed by atoms with Crippen LogP contribution >= 0.6 is 0 Å². The lowest BCUT2D eigenvalue weighted by Crippen LogP contribution is -2.49. The van der Waals surface area contributed by atoms with Crippen LogP contribution < -0.4 is 4.90 Å². The molecular formula is C20H22FN5O2S. The van der Waals surface area contributed by atoms with E-state index in [4.69, 9.17) is 0 Å². The summed E-state index contributed by atoms with van der Waals surface area (Å²) in [5, 5.41) is 0. The van der Waals surface area contributed by atoms with Gasteiger partial charge in [0.05, 0.1) is 4.90 Å². The predicted octanol–water partition coefficient (Wildman–Crippen LogP) is 2.53. The van der Waals surface area contributed by atoms with Gasteiger partial charge in [-0.05, 0) is 49.7 Å². The molecule has 152 valence electrons. The molecule has 1 aromatic carbocycles. The number of aryl methyl sites for hydroxylation is 2. The minimum atomic E-state index is -3.66. The van der Waals surface area contributed by atoms with Crippen molar-refractivity contribution in [1.82, 2.24) is 18.8 Å². The molecule has 0 radical (unpaired) electrons. The minimum Gasteiger partial charge on any atom is -0.354 e. The summed E-state index contributed by atoms with van der Waals surface area (Å²) in [6, 6.07) is 9.53. The first-order chi connectivity index (χ1) is 13.8. The van der Waals surface area contributed by atoms with Crippen LogP contribution in [0.5, 0.6) is 0 Å². The summed E-state index contributed by atoms with van der Waals surface area (Å²) >= 11 is 0. The SMILES string of the molecule is Cc1nc(N2CCN(S(=O)(=O)c3ccc(F)cc3C)CC2)cc(-n2cccc2)n1. The fourth-order valence-electron chi connectivity index (χ4n) is 3.52. The Morgan fingerprint density at radius 3 is 2.24 bits per heavy atom. The molecule has 2 aromatic heterocycles. The van der Waals surface area contributed by atoms with E-state index >= 15 is 0 Å². The van der Waals surface area contributed by atoms with Crippen LogP contribution in [0.3, 0.4) is 0 Å². The van der Waals surface area contributed by atoms with Crippen LogP contribution in [0.25, 0.3) is 5.82 Å². The number of anilines is 1. The fraction of sp³-hybridized carbons (Fsp3) is 0.300. The van der Waals surface area contributed by atoms with Gasteiger partial charge in [0, 0.05) is 44.6 Å². The monoisotopic (exact) mass is 415 g/mol. The zero-order valence-electron chi connectivity index (χ0n) is 16.3. The van der Waals surface area contributed by atoms with Gasteiger partial charge in [0.1, 0.15) is 23.3 Å². The van der Waals surface area contributed by atoms with E-state index < -0.39 is 15.8 Å². The second-order valence-electron chi connectivity index (χ2n) is 7.02. The van der Waals surface area contributed by atoms with Gasteiger partial charge in [-0.25, -0.2) is 22.8 Å². The van der Waals surface area contributed by atoms with E-state index in [0.29, 0.717) is 37.6 Å². The molecule has 0 aliphatic carbocycles. The molecule has 29 heavy (non-hydrogen) atoms. The predicted molar refractivity (Wildman–Crippen MR) is 108 cm³/mol. The average molecular weight is 415 g/mol. The molecule has 1 aliphatic rings. The van der Waals surface area contributed by atoms with E-state index in [2.05, 4.69) is 14.9 Å². The van der Waals surface area contributed by atoms with Crippen LogP contribution in [0.4, 0.5) is 10.2 Å². The Morgan fingerprint density at radius 2 is 1.59 bits per heavy atom. The Morgan fingerprint density at radius 1 is 0.931 bits per heavy atom. The van der Waals surface area contributed by atoms with Gasteiger partial charge >= 0.3 is 0 Å². The van der Waals surface area contributed by atoms with Gasteiger partial charge in [-0.3, -0.25) is 0 Å². The lowest BCUT2D eigenvalue weighted by molar-refractivity contribution is 0.383. The standard InChI is InChI=1S/C20H22FN5O2S/c1-15-13-17(21)5-6-18(15)29(27,28)26-11-9-25(10-12-26)20-14-19(22-16(2)23-20)24-7-3-4-8-24/h3-8,13-14H,9-12H2,1-2H3. The molecule has 7 nitrogen and oxygen atoms in total. The number of halogens is 1. The summed E-state index contributed by atoms with van der Waals surface area (Å²) in [6.07, 6.45) is 3.84. The van der Waals surface area contributed by atoms with Crippen LogP contribution in [0.1, 0.15) is 11.4 Å². The number of sulfonamides is 1. The second-order valence-corrected chi connectivity index (χ2v) is 8.93. The summed E-state index contributed by atoms with van der Waals surface area (Å²) in [7, 11) is -3.66. The molecule has 0 spiro atoms. The highest BCUT2D eigenvalue weighted by molar-refractivity contribution is 7.89. The molecule has 1 saturated heterocycles. The summed E-state index contributed by atoms with van der Waals surface area (Å²) < 4.78 is 42.7. The minimum absolute atomic E-state index is 0.153. The summed E-state index contributed by atoms with van der Waals surface area (Å²) in [6.45, 7) is 5.15. The summed E-state index contributed by atoms with van der Waals surface area (Å²) in [5.74, 6) is 1.76. The summed E-state index contributed by atoms with van der Waals surface area (Å²) in [4.78, 5) is 11.2. The van der Waals surface area contributed by atoms with Gasteiger partial charge in [0.15, 0.2) is 0 Å². The van der Waals surface area contributed by atoms with Crippen molar-refractivity contribution in [1.29, 1.82) is 0 Å². The summed E-state index contributed by atoms with van der Waals surface area (Å²) in [5.41, 5.74) is 0.412. The first-order valence-corrected chi connectivity index (χ1v) is 10.8. The van der Waals surface area contributed by atoms with E-state index in [9.17, 15) is 12.8 Å². The Balaban J connectivity index is 1.53. The van der Waals surface area contributed by atoms with Crippen molar-refractivity contribution in [2.24, 2.45) is 0 Å². The van der Waals surface area contributed by atoms with Crippen LogP contribution in [0.2, 0.25) is 0 Å². The van der Waals surface area contributed by atoms with Gasteiger partial charge in [0.2, 0.25) is 10.0 Å². The van der Waals surface area contributed by atoms with Gasteiger partial charge in [-0.15, -0.1) is 0 Å². The van der Waals surface area contributed by atoms with Crippen LogP contribution in [0.15, 0.2) is 53.7 Å². The molecule has 0 saturated carbocycles. The molecular weight excluding hydrogens is 393 g/mol. The third kappa shape index (κ3) is 3.88. The maximum Gasteiger partial charge on any atom is 0.243 e. The van der Waals surface area contributed by atoms with Crippen molar-refractivity contribution < 1.29 is 12.8 Å². The fourth-order valence-corrected chi connectivity index (χ4v) is 5.14. The molecule has 3 aromatic rings. The van der Waals surface area contributed by atoms with E-state index in [-0.39, 0.29) is 4.90 Å². The van der Waals surface area contributed by atoms with Gasteiger partial charge < -0.3 is 9.47 Å². The lowest BCUT2D eigenvalue weighted by Gasteiger charge is -2.35. The van der Waals surface area contributed by atoms with E-state index in [0.717, 1.165) is 11.6 Å². The molecule has 4 rings (SSSR count). The Hall–Kier alpha value is -2.78. The number of hydrogen-bond donors (Lipinski definition) is 0. The van der Waals surface area contributed by atoms with Crippen LogP contribution in [0, 0.1) is 19.7 Å². The zero-order chi connectivity index (χ0) is 20.6. The van der Waals surface area contributed by atoms with E-state index in [1.165, 1.54) is 22.5 Å². The molecule has 0 N–H and O–H groups in total. The quantitative estimate of drug-likeness (QED) is 0.655. The highest BCUT2D eigenvalue weighted by Crippen LogP contribution is 2.24. The number of piperazine rings is 1. The number of nitrogens with zero attached hydrogens (tertiary/aromatic N) is 5. The highest BCUT2D eigenvalue weighted by atomic mass is 32.2. The third-order valence-corrected chi connectivity index (χ3v) is 7.06. The molecule has 0 bridgehead atoms. The molecule has 1 aliphatic heterocycles. The van der Waals surface area contributed by atoms with Crippen molar-refractivity contribution in [2.75, 3.05) is 31.1 Å².